The number of carboxylic acids is 1. The molecule has 19 nitrogen and oxygen atoms in total. The molecule has 0 unspecified atom stereocenters. The number of aliphatic hydroxyl groups is 3. The first-order valence-corrected chi connectivity index (χ1v) is 18.6. The molecule has 59 heavy (non-hydrogen) atoms. The highest BCUT2D eigenvalue weighted by Crippen LogP contribution is 2.12. The number of benzene rings is 3. The fourth-order valence-electron chi connectivity index (χ4n) is 5.75. The van der Waals surface area contributed by atoms with Crippen molar-refractivity contribution in [3.63, 3.8) is 0 Å². The standard InChI is InChI=1S/C40H51N7O12/c1-22(49)33(46-36(54)28(42-32(52)20-41)17-24-9-5-3-6-10-24)38(56)43-29(18-25-11-7-4-8-12-25)35(53)45-31(21-48)37(55)47-34(23(2)50)39(57)44-30(40(58)59)19-26-13-15-27(51)16-14-26/h3-16,22-23,28-31,33-34,48-51H,17-21,41H2,1-2H3,(H,42,52)(H,43,56)(H,44,57)(H,45,53)(H,46,54)(H,47,55)(H,58,59)/t22-,23-,28+,29+,30+,31+,33+,34+/m1/s1. The molecule has 0 saturated heterocycles. The van der Waals surface area contributed by atoms with Crippen molar-refractivity contribution < 1.29 is 59.1 Å². The number of aliphatic hydroxyl groups excluding tert-OH is 3. The van der Waals surface area contributed by atoms with Gasteiger partial charge in [-0.3, -0.25) is 28.8 Å². The van der Waals surface area contributed by atoms with Gasteiger partial charge in [-0.1, -0.05) is 72.8 Å². The summed E-state index contributed by atoms with van der Waals surface area (Å²) in [7, 11) is 0. The fraction of sp³-hybridized carbons (Fsp3) is 0.375. The summed E-state index contributed by atoms with van der Waals surface area (Å²) in [5.41, 5.74) is 7.09. The summed E-state index contributed by atoms with van der Waals surface area (Å²) in [4.78, 5) is 91.6. The number of hydrogen-bond donors (Lipinski definition) is 12. The van der Waals surface area contributed by atoms with Crippen LogP contribution in [0.25, 0.3) is 0 Å². The van der Waals surface area contributed by atoms with E-state index < -0.39 is 103 Å². The normalized spacial score (nSPS) is 15.0. The lowest BCUT2D eigenvalue weighted by Gasteiger charge is -2.28. The van der Waals surface area contributed by atoms with Crippen molar-refractivity contribution in [2.45, 2.75) is 81.6 Å². The Labute approximate surface area is 339 Å². The maximum Gasteiger partial charge on any atom is 0.326 e. The fourth-order valence-corrected chi connectivity index (χ4v) is 5.75. The number of carbonyl (C=O) groups excluding carboxylic acids is 6. The Morgan fingerprint density at radius 1 is 0.525 bits per heavy atom. The Morgan fingerprint density at radius 3 is 1.32 bits per heavy atom. The lowest BCUT2D eigenvalue weighted by molar-refractivity contribution is -0.143. The summed E-state index contributed by atoms with van der Waals surface area (Å²) >= 11 is 0. The summed E-state index contributed by atoms with van der Waals surface area (Å²) in [6.45, 7) is 0.905. The number of amides is 6. The first-order valence-electron chi connectivity index (χ1n) is 18.6. The molecule has 0 saturated carbocycles. The van der Waals surface area contributed by atoms with Crippen LogP contribution in [0, 0.1) is 0 Å². The van der Waals surface area contributed by atoms with Gasteiger partial charge in [-0.2, -0.15) is 0 Å². The van der Waals surface area contributed by atoms with Gasteiger partial charge >= 0.3 is 5.97 Å². The number of aliphatic carboxylic acids is 1. The predicted octanol–water partition coefficient (Wildman–Crippen LogP) is -2.87. The molecule has 19 heteroatoms. The first kappa shape index (κ1) is 47.0. The van der Waals surface area contributed by atoms with Crippen molar-refractivity contribution in [3.8, 4) is 5.75 Å². The third-order valence-electron chi connectivity index (χ3n) is 8.97. The van der Waals surface area contributed by atoms with E-state index in [4.69, 9.17) is 5.73 Å². The van der Waals surface area contributed by atoms with E-state index >= 15 is 0 Å². The van der Waals surface area contributed by atoms with Crippen molar-refractivity contribution in [3.05, 3.63) is 102 Å². The number of aromatic hydroxyl groups is 1. The topological polar surface area (TPSA) is 319 Å². The Bertz CT molecular complexity index is 1880. The lowest BCUT2D eigenvalue weighted by atomic mass is 10.0. The Balaban J connectivity index is 1.78. The quantitative estimate of drug-likeness (QED) is 0.0486. The van der Waals surface area contributed by atoms with Gasteiger partial charge in [0.15, 0.2) is 0 Å². The highest BCUT2D eigenvalue weighted by molar-refractivity contribution is 5.97. The van der Waals surface area contributed by atoms with Gasteiger partial charge < -0.3 is 63.2 Å². The second kappa shape index (κ2) is 23.1. The van der Waals surface area contributed by atoms with Crippen LogP contribution in [0.2, 0.25) is 0 Å². The monoisotopic (exact) mass is 821 g/mol. The van der Waals surface area contributed by atoms with Crippen molar-refractivity contribution >= 4 is 41.4 Å². The van der Waals surface area contributed by atoms with E-state index in [2.05, 4.69) is 31.9 Å². The van der Waals surface area contributed by atoms with Crippen molar-refractivity contribution in [1.82, 2.24) is 31.9 Å². The first-order chi connectivity index (χ1) is 28.0. The van der Waals surface area contributed by atoms with Crippen LogP contribution < -0.4 is 37.6 Å². The highest BCUT2D eigenvalue weighted by Gasteiger charge is 2.35. The van der Waals surface area contributed by atoms with Crippen LogP contribution in [0.1, 0.15) is 30.5 Å². The van der Waals surface area contributed by atoms with Crippen LogP contribution in [0.3, 0.4) is 0 Å². The molecule has 0 aliphatic carbocycles. The zero-order valence-corrected chi connectivity index (χ0v) is 32.4. The maximum absolute atomic E-state index is 13.8. The molecule has 0 heterocycles. The van der Waals surface area contributed by atoms with Gasteiger partial charge in [-0.05, 0) is 42.7 Å². The van der Waals surface area contributed by atoms with E-state index in [1.807, 2.05) is 0 Å². The summed E-state index contributed by atoms with van der Waals surface area (Å²) in [6, 6.07) is 13.1. The molecule has 0 aromatic heterocycles. The SMILES string of the molecule is C[C@@H](O)[C@H](NC(=O)[C@H](CO)NC(=O)[C@H](Cc1ccccc1)NC(=O)[C@@H](NC(=O)[C@H](Cc1ccccc1)NC(=O)CN)[C@@H](C)O)C(=O)N[C@@H](Cc1ccc(O)cc1)C(=O)O. The molecule has 0 fully saturated rings. The Morgan fingerprint density at radius 2 is 0.898 bits per heavy atom. The van der Waals surface area contributed by atoms with Gasteiger partial charge in [-0.25, -0.2) is 4.79 Å². The van der Waals surface area contributed by atoms with Crippen molar-refractivity contribution in [2.75, 3.05) is 13.2 Å². The van der Waals surface area contributed by atoms with Crippen molar-refractivity contribution in [2.24, 2.45) is 5.73 Å². The molecule has 3 rings (SSSR count). The van der Waals surface area contributed by atoms with Crippen LogP contribution >= 0.6 is 0 Å². The summed E-state index contributed by atoms with van der Waals surface area (Å²) in [5, 5.41) is 64.5. The summed E-state index contributed by atoms with van der Waals surface area (Å²) in [5.74, 6) is -7.29. The molecular formula is C40H51N7O12. The molecular weight excluding hydrogens is 770 g/mol. The third kappa shape index (κ3) is 15.1. The molecule has 0 bridgehead atoms. The number of nitrogens with two attached hydrogens (primary N) is 1. The molecule has 6 amide bonds. The molecule has 318 valence electrons. The average Bonchev–Trinajstić information content (AvgIpc) is 3.20. The summed E-state index contributed by atoms with van der Waals surface area (Å²) in [6.07, 6.45) is -3.51. The van der Waals surface area contributed by atoms with E-state index in [9.17, 15) is 59.1 Å². The molecule has 8 atom stereocenters. The number of carbonyl (C=O) groups is 7. The molecule has 13 N–H and O–H groups in total. The number of nitrogens with one attached hydrogen (secondary N) is 6. The third-order valence-corrected chi connectivity index (χ3v) is 8.97. The highest BCUT2D eigenvalue weighted by atomic mass is 16.4. The minimum atomic E-state index is -1.77. The zero-order chi connectivity index (χ0) is 43.6. The van der Waals surface area contributed by atoms with Crippen LogP contribution in [0.4, 0.5) is 0 Å². The number of phenolic OH excluding ortho intramolecular Hbond substituents is 1. The lowest BCUT2D eigenvalue weighted by Crippen LogP contribution is -2.62. The number of phenols is 1. The van der Waals surface area contributed by atoms with Gasteiger partial charge in [0.25, 0.3) is 0 Å². The average molecular weight is 822 g/mol. The summed E-state index contributed by atoms with van der Waals surface area (Å²) < 4.78 is 0. The minimum Gasteiger partial charge on any atom is -0.508 e. The van der Waals surface area contributed by atoms with Gasteiger partial charge in [-0.15, -0.1) is 0 Å². The van der Waals surface area contributed by atoms with Crippen molar-refractivity contribution in [1.29, 1.82) is 0 Å². The van der Waals surface area contributed by atoms with Gasteiger partial charge in [0.2, 0.25) is 35.4 Å². The molecule has 0 spiro atoms. The van der Waals surface area contributed by atoms with Crippen LogP contribution in [0.15, 0.2) is 84.9 Å². The van der Waals surface area contributed by atoms with E-state index in [-0.39, 0.29) is 25.0 Å². The minimum absolute atomic E-state index is 0.00767. The second-order valence-corrected chi connectivity index (χ2v) is 13.7. The maximum atomic E-state index is 13.8. The van der Waals surface area contributed by atoms with E-state index in [0.29, 0.717) is 16.7 Å². The van der Waals surface area contributed by atoms with Gasteiger partial charge in [0, 0.05) is 19.3 Å². The number of carboxylic acid groups (broad SMARTS) is 1. The number of hydrogen-bond acceptors (Lipinski definition) is 12. The van der Waals surface area contributed by atoms with E-state index in [0.717, 1.165) is 6.92 Å². The zero-order valence-electron chi connectivity index (χ0n) is 32.4. The predicted molar refractivity (Wildman–Crippen MR) is 211 cm³/mol. The van der Waals surface area contributed by atoms with Gasteiger partial charge in [0.05, 0.1) is 25.4 Å². The Hall–Kier alpha value is -6.41. The molecule has 0 aliphatic heterocycles. The Kier molecular flexibility index (Phi) is 18.4. The van der Waals surface area contributed by atoms with Crippen LogP contribution in [-0.2, 0) is 52.8 Å². The largest absolute Gasteiger partial charge is 0.508 e. The molecule has 3 aromatic carbocycles. The second-order valence-electron chi connectivity index (χ2n) is 13.7. The van der Waals surface area contributed by atoms with E-state index in [1.54, 1.807) is 60.7 Å². The van der Waals surface area contributed by atoms with E-state index in [1.165, 1.54) is 31.2 Å². The molecule has 0 radical (unpaired) electrons. The smallest absolute Gasteiger partial charge is 0.326 e. The molecule has 0 aliphatic rings. The number of rotatable bonds is 22. The van der Waals surface area contributed by atoms with Crippen LogP contribution in [0.5, 0.6) is 5.75 Å². The van der Waals surface area contributed by atoms with Crippen LogP contribution in [-0.4, -0.2) is 129 Å². The van der Waals surface area contributed by atoms with Gasteiger partial charge in [0.1, 0.15) is 42.0 Å². The molecule has 3 aromatic rings.